The van der Waals surface area contributed by atoms with Crippen molar-refractivity contribution in [1.29, 1.82) is 0 Å². The van der Waals surface area contributed by atoms with Crippen LogP contribution in [0.15, 0.2) is 0 Å². The average molecular weight is 242 g/mol. The van der Waals surface area contributed by atoms with Crippen LogP contribution in [0.4, 0.5) is 0 Å². The molecule has 0 amide bonds. The van der Waals surface area contributed by atoms with Gasteiger partial charge in [-0.05, 0) is 33.1 Å². The van der Waals surface area contributed by atoms with Crippen molar-refractivity contribution in [1.82, 2.24) is 0 Å². The van der Waals surface area contributed by atoms with Gasteiger partial charge in [0.25, 0.3) is 0 Å². The quantitative estimate of drug-likeness (QED) is 0.797. The Morgan fingerprint density at radius 1 is 1.35 bits per heavy atom. The molecular weight excluding hydrogens is 220 g/mol. The summed E-state index contributed by atoms with van der Waals surface area (Å²) < 4.78 is 11.7. The van der Waals surface area contributed by atoms with Crippen LogP contribution >= 0.6 is 0 Å². The maximum absolute atomic E-state index is 11.5. The molecule has 0 aromatic rings. The largest absolute Gasteiger partial charge is 0.393 e. The molecule has 4 nitrogen and oxygen atoms in total. The lowest BCUT2D eigenvalue weighted by atomic mass is 9.75. The molecule has 0 aromatic carbocycles. The molecule has 2 fully saturated rings. The summed E-state index contributed by atoms with van der Waals surface area (Å²) >= 11 is 0. The van der Waals surface area contributed by atoms with Crippen molar-refractivity contribution in [2.45, 2.75) is 64.6 Å². The van der Waals surface area contributed by atoms with Gasteiger partial charge in [0.1, 0.15) is 5.78 Å². The van der Waals surface area contributed by atoms with Gasteiger partial charge in [-0.15, -0.1) is 0 Å². The molecule has 5 unspecified atom stereocenters. The van der Waals surface area contributed by atoms with E-state index < -0.39 is 5.79 Å². The minimum Gasteiger partial charge on any atom is -0.393 e. The fourth-order valence-electron chi connectivity index (χ4n) is 3.01. The second kappa shape index (κ2) is 4.34. The second-order valence-electron chi connectivity index (χ2n) is 5.83. The van der Waals surface area contributed by atoms with Crippen LogP contribution in [0.3, 0.4) is 0 Å². The van der Waals surface area contributed by atoms with Gasteiger partial charge in [-0.1, -0.05) is 6.92 Å². The summed E-state index contributed by atoms with van der Waals surface area (Å²) in [6.45, 7) is 7.28. The molecule has 1 heterocycles. The smallest absolute Gasteiger partial charge is 0.163 e. The zero-order chi connectivity index (χ0) is 12.8. The van der Waals surface area contributed by atoms with Gasteiger partial charge in [0, 0.05) is 12.3 Å². The van der Waals surface area contributed by atoms with Crippen LogP contribution in [-0.2, 0) is 14.3 Å². The second-order valence-corrected chi connectivity index (χ2v) is 5.83. The number of rotatable bonds is 2. The van der Waals surface area contributed by atoms with Crippen molar-refractivity contribution in [3.8, 4) is 0 Å². The van der Waals surface area contributed by atoms with E-state index in [1.165, 1.54) is 0 Å². The Labute approximate surface area is 102 Å². The number of hydrogen-bond acceptors (Lipinski definition) is 4. The van der Waals surface area contributed by atoms with Gasteiger partial charge in [-0.2, -0.15) is 0 Å². The lowest BCUT2D eigenvalue weighted by molar-refractivity contribution is -0.152. The summed E-state index contributed by atoms with van der Waals surface area (Å²) in [5, 5.41) is 9.88. The molecular formula is C13H22O4. The summed E-state index contributed by atoms with van der Waals surface area (Å²) in [6.07, 6.45) is 0.699. The van der Waals surface area contributed by atoms with Crippen molar-refractivity contribution in [2.75, 3.05) is 0 Å². The van der Waals surface area contributed by atoms with Crippen molar-refractivity contribution in [3.63, 3.8) is 0 Å². The molecule has 17 heavy (non-hydrogen) atoms. The highest BCUT2D eigenvalue weighted by Crippen LogP contribution is 2.42. The Kier molecular flexibility index (Phi) is 3.31. The maximum Gasteiger partial charge on any atom is 0.163 e. The molecule has 0 bridgehead atoms. The van der Waals surface area contributed by atoms with Crippen LogP contribution in [0.1, 0.15) is 40.5 Å². The number of ketones is 1. The van der Waals surface area contributed by atoms with Gasteiger partial charge in [-0.3, -0.25) is 4.79 Å². The lowest BCUT2D eigenvalue weighted by Crippen LogP contribution is -2.45. The molecule has 2 aliphatic rings. The molecule has 2 rings (SSSR count). The standard InChI is InChI=1S/C13H22O4/c1-7(8(2)14)10-5-9(15)6-11-12(10)17-13(3,4)16-11/h7,9-12,15H,5-6H2,1-4H3. The molecule has 1 aliphatic carbocycles. The molecule has 4 heteroatoms. The average Bonchev–Trinajstić information content (AvgIpc) is 2.49. The summed E-state index contributed by atoms with van der Waals surface area (Å²) in [5.41, 5.74) is 0. The van der Waals surface area contributed by atoms with E-state index in [9.17, 15) is 9.90 Å². The molecule has 0 aromatic heterocycles. The SMILES string of the molecule is CC(=O)C(C)C1CC(O)CC2OC(C)(C)OC21. The molecule has 0 radical (unpaired) electrons. The normalized spacial score (nSPS) is 41.9. The van der Waals surface area contributed by atoms with Gasteiger partial charge in [-0.25, -0.2) is 0 Å². The van der Waals surface area contributed by atoms with Crippen molar-refractivity contribution >= 4 is 5.78 Å². The summed E-state index contributed by atoms with van der Waals surface area (Å²) in [5.74, 6) is -0.483. The molecule has 1 aliphatic heterocycles. The Hall–Kier alpha value is -0.450. The Bertz CT molecular complexity index is 313. The Morgan fingerprint density at radius 2 is 2.00 bits per heavy atom. The first-order chi connectivity index (χ1) is 7.80. The van der Waals surface area contributed by atoms with Gasteiger partial charge in [0.05, 0.1) is 18.3 Å². The molecule has 1 N–H and O–H groups in total. The minimum absolute atomic E-state index is 0.0584. The summed E-state index contributed by atoms with van der Waals surface area (Å²) in [7, 11) is 0. The van der Waals surface area contributed by atoms with Crippen molar-refractivity contribution in [3.05, 3.63) is 0 Å². The predicted molar refractivity (Wildman–Crippen MR) is 62.4 cm³/mol. The highest BCUT2D eigenvalue weighted by molar-refractivity contribution is 5.78. The first-order valence-corrected chi connectivity index (χ1v) is 6.34. The van der Waals surface area contributed by atoms with Crippen molar-refractivity contribution < 1.29 is 19.4 Å². The molecule has 1 saturated carbocycles. The number of aliphatic hydroxyl groups excluding tert-OH is 1. The molecule has 0 spiro atoms. The fourth-order valence-corrected chi connectivity index (χ4v) is 3.01. The van der Waals surface area contributed by atoms with Gasteiger partial charge >= 0.3 is 0 Å². The van der Waals surface area contributed by atoms with E-state index in [1.54, 1.807) is 6.92 Å². The first kappa shape index (κ1) is 13.0. The van der Waals surface area contributed by atoms with E-state index in [1.807, 2.05) is 20.8 Å². The van der Waals surface area contributed by atoms with Gasteiger partial charge < -0.3 is 14.6 Å². The number of Topliss-reactive ketones (excluding diaryl/α,β-unsaturated/α-hetero) is 1. The number of carbonyl (C=O) groups is 1. The van der Waals surface area contributed by atoms with Crippen LogP contribution in [0, 0.1) is 11.8 Å². The number of carbonyl (C=O) groups excluding carboxylic acids is 1. The fraction of sp³-hybridized carbons (Fsp3) is 0.923. The van der Waals surface area contributed by atoms with E-state index in [-0.39, 0.29) is 35.9 Å². The van der Waals surface area contributed by atoms with E-state index >= 15 is 0 Å². The monoisotopic (exact) mass is 242 g/mol. The maximum atomic E-state index is 11.5. The van der Waals surface area contributed by atoms with Crippen LogP contribution in [0.25, 0.3) is 0 Å². The van der Waals surface area contributed by atoms with Gasteiger partial charge in [0.2, 0.25) is 0 Å². The third-order valence-electron chi connectivity index (χ3n) is 3.98. The zero-order valence-corrected chi connectivity index (χ0v) is 11.0. The third-order valence-corrected chi connectivity index (χ3v) is 3.98. The van der Waals surface area contributed by atoms with E-state index in [0.717, 1.165) is 0 Å². The Morgan fingerprint density at radius 3 is 2.59 bits per heavy atom. The van der Waals surface area contributed by atoms with E-state index in [0.29, 0.717) is 12.8 Å². The molecule has 1 saturated heterocycles. The molecule has 5 atom stereocenters. The Balaban J connectivity index is 2.18. The van der Waals surface area contributed by atoms with Crippen LogP contribution in [0.2, 0.25) is 0 Å². The number of fused-ring (bicyclic) bond motifs is 1. The number of aliphatic hydroxyl groups is 1. The number of hydrogen-bond donors (Lipinski definition) is 1. The van der Waals surface area contributed by atoms with Crippen LogP contribution in [0.5, 0.6) is 0 Å². The predicted octanol–water partition coefficient (Wildman–Crippen LogP) is 1.50. The third kappa shape index (κ3) is 2.54. The lowest BCUT2D eigenvalue weighted by Gasteiger charge is -2.36. The van der Waals surface area contributed by atoms with E-state index in [4.69, 9.17) is 9.47 Å². The van der Waals surface area contributed by atoms with Gasteiger partial charge in [0.15, 0.2) is 5.79 Å². The highest BCUT2D eigenvalue weighted by Gasteiger charge is 2.50. The van der Waals surface area contributed by atoms with Crippen LogP contribution < -0.4 is 0 Å². The van der Waals surface area contributed by atoms with E-state index in [2.05, 4.69) is 0 Å². The minimum atomic E-state index is -0.603. The number of ether oxygens (including phenoxy) is 2. The first-order valence-electron chi connectivity index (χ1n) is 6.34. The van der Waals surface area contributed by atoms with Crippen LogP contribution in [-0.4, -0.2) is 35.0 Å². The summed E-state index contributed by atoms with van der Waals surface area (Å²) in [4.78, 5) is 11.5. The highest BCUT2D eigenvalue weighted by atomic mass is 16.8. The topological polar surface area (TPSA) is 55.8 Å². The summed E-state index contributed by atoms with van der Waals surface area (Å²) in [6, 6.07) is 0. The molecule has 98 valence electrons. The van der Waals surface area contributed by atoms with Crippen molar-refractivity contribution in [2.24, 2.45) is 11.8 Å². The zero-order valence-electron chi connectivity index (χ0n) is 11.0.